The van der Waals surface area contributed by atoms with E-state index >= 15 is 0 Å². The van der Waals surface area contributed by atoms with E-state index in [2.05, 4.69) is 24.5 Å². The van der Waals surface area contributed by atoms with Gasteiger partial charge in [-0.2, -0.15) is 0 Å². The number of nitrogens with two attached hydrogens (primary N) is 1. The Bertz CT molecular complexity index is 150. The number of hydrogen-bond acceptors (Lipinski definition) is 2. The molecule has 2 atom stereocenters. The van der Waals surface area contributed by atoms with Crippen molar-refractivity contribution >= 4 is 6.03 Å². The normalized spacial score (nSPS) is 14.8. The molecule has 0 rings (SSSR count). The SMILES string of the molecule is CCNC(=O)NCC(N)C(C)CC. The lowest BCUT2D eigenvalue weighted by Gasteiger charge is -2.18. The Morgan fingerprint density at radius 1 is 1.38 bits per heavy atom. The Hall–Kier alpha value is -0.770. The molecular weight excluding hydrogens is 166 g/mol. The molecule has 4 nitrogen and oxygen atoms in total. The zero-order chi connectivity index (χ0) is 10.3. The first-order valence-electron chi connectivity index (χ1n) is 4.89. The van der Waals surface area contributed by atoms with Crippen LogP contribution in [0.25, 0.3) is 0 Å². The first-order valence-corrected chi connectivity index (χ1v) is 4.89. The lowest BCUT2D eigenvalue weighted by atomic mass is 10.0. The second-order valence-corrected chi connectivity index (χ2v) is 3.29. The van der Waals surface area contributed by atoms with E-state index in [0.29, 0.717) is 19.0 Å². The summed E-state index contributed by atoms with van der Waals surface area (Å²) >= 11 is 0. The molecule has 0 saturated carbocycles. The first-order chi connectivity index (χ1) is 6.11. The van der Waals surface area contributed by atoms with Crippen LogP contribution in [-0.4, -0.2) is 25.2 Å². The molecule has 4 heteroatoms. The quantitative estimate of drug-likeness (QED) is 0.592. The molecule has 0 radical (unpaired) electrons. The van der Waals surface area contributed by atoms with Crippen LogP contribution in [0.15, 0.2) is 0 Å². The van der Waals surface area contributed by atoms with Crippen molar-refractivity contribution in [3.8, 4) is 0 Å². The summed E-state index contributed by atoms with van der Waals surface area (Å²) in [6.45, 7) is 7.25. The van der Waals surface area contributed by atoms with Gasteiger partial charge < -0.3 is 16.4 Å². The van der Waals surface area contributed by atoms with E-state index in [1.165, 1.54) is 0 Å². The van der Waals surface area contributed by atoms with Gasteiger partial charge in [-0.25, -0.2) is 4.79 Å². The minimum absolute atomic E-state index is 0.0487. The summed E-state index contributed by atoms with van der Waals surface area (Å²) in [6.07, 6.45) is 1.04. The van der Waals surface area contributed by atoms with Crippen molar-refractivity contribution in [2.24, 2.45) is 11.7 Å². The second kappa shape index (κ2) is 6.71. The van der Waals surface area contributed by atoms with Gasteiger partial charge in [0.2, 0.25) is 0 Å². The molecule has 0 fully saturated rings. The van der Waals surface area contributed by atoms with Gasteiger partial charge in [-0.05, 0) is 12.8 Å². The van der Waals surface area contributed by atoms with E-state index in [9.17, 15) is 4.79 Å². The third kappa shape index (κ3) is 5.47. The van der Waals surface area contributed by atoms with Gasteiger partial charge in [0.25, 0.3) is 0 Å². The van der Waals surface area contributed by atoms with Gasteiger partial charge in [0, 0.05) is 19.1 Å². The average molecular weight is 187 g/mol. The number of hydrogen-bond donors (Lipinski definition) is 3. The third-order valence-electron chi connectivity index (χ3n) is 2.21. The molecule has 0 aliphatic carbocycles. The molecule has 2 amide bonds. The van der Waals surface area contributed by atoms with Crippen molar-refractivity contribution < 1.29 is 4.79 Å². The molecule has 13 heavy (non-hydrogen) atoms. The van der Waals surface area contributed by atoms with Crippen LogP contribution in [0.5, 0.6) is 0 Å². The lowest BCUT2D eigenvalue weighted by Crippen LogP contribution is -2.44. The lowest BCUT2D eigenvalue weighted by molar-refractivity contribution is 0.239. The minimum atomic E-state index is -0.138. The highest BCUT2D eigenvalue weighted by Gasteiger charge is 2.10. The molecule has 0 heterocycles. The van der Waals surface area contributed by atoms with Crippen LogP contribution in [0.3, 0.4) is 0 Å². The summed E-state index contributed by atoms with van der Waals surface area (Å²) in [5.41, 5.74) is 5.83. The Labute approximate surface area is 80.3 Å². The van der Waals surface area contributed by atoms with E-state index in [4.69, 9.17) is 5.73 Å². The van der Waals surface area contributed by atoms with Crippen molar-refractivity contribution in [2.75, 3.05) is 13.1 Å². The summed E-state index contributed by atoms with van der Waals surface area (Å²) in [6, 6.07) is -0.0890. The van der Waals surface area contributed by atoms with Gasteiger partial charge in [-0.1, -0.05) is 20.3 Å². The smallest absolute Gasteiger partial charge is 0.314 e. The largest absolute Gasteiger partial charge is 0.338 e. The van der Waals surface area contributed by atoms with E-state index in [0.717, 1.165) is 6.42 Å². The monoisotopic (exact) mass is 187 g/mol. The van der Waals surface area contributed by atoms with Crippen molar-refractivity contribution in [1.82, 2.24) is 10.6 Å². The summed E-state index contributed by atoms with van der Waals surface area (Å²) in [4.78, 5) is 11.0. The molecule has 0 aliphatic rings. The molecule has 4 N–H and O–H groups in total. The van der Waals surface area contributed by atoms with Crippen molar-refractivity contribution in [3.05, 3.63) is 0 Å². The molecular formula is C9H21N3O. The molecule has 0 aromatic heterocycles. The predicted octanol–water partition coefficient (Wildman–Crippen LogP) is 0.679. The summed E-state index contributed by atoms with van der Waals surface area (Å²) < 4.78 is 0. The van der Waals surface area contributed by atoms with Crippen LogP contribution in [0.1, 0.15) is 27.2 Å². The standard InChI is InChI=1S/C9H21N3O/c1-4-7(3)8(10)6-12-9(13)11-5-2/h7-8H,4-6,10H2,1-3H3,(H2,11,12,13). The average Bonchev–Trinajstić information content (AvgIpc) is 2.13. The molecule has 0 spiro atoms. The van der Waals surface area contributed by atoms with Gasteiger partial charge in [-0.15, -0.1) is 0 Å². The van der Waals surface area contributed by atoms with E-state index < -0.39 is 0 Å². The number of rotatable bonds is 5. The number of carbonyl (C=O) groups excluding carboxylic acids is 1. The van der Waals surface area contributed by atoms with Crippen LogP contribution in [0, 0.1) is 5.92 Å². The van der Waals surface area contributed by atoms with Crippen LogP contribution < -0.4 is 16.4 Å². The fraction of sp³-hybridized carbons (Fsp3) is 0.889. The highest BCUT2D eigenvalue weighted by molar-refractivity contribution is 5.73. The van der Waals surface area contributed by atoms with Crippen LogP contribution in [0.4, 0.5) is 4.79 Å². The fourth-order valence-corrected chi connectivity index (χ4v) is 0.938. The zero-order valence-corrected chi connectivity index (χ0v) is 8.76. The van der Waals surface area contributed by atoms with E-state index in [-0.39, 0.29) is 12.1 Å². The Morgan fingerprint density at radius 2 is 2.00 bits per heavy atom. The van der Waals surface area contributed by atoms with Gasteiger partial charge in [0.05, 0.1) is 0 Å². The Kier molecular flexibility index (Phi) is 6.32. The number of amides is 2. The first kappa shape index (κ1) is 12.2. The topological polar surface area (TPSA) is 67.2 Å². The van der Waals surface area contributed by atoms with Gasteiger partial charge in [0.1, 0.15) is 0 Å². The van der Waals surface area contributed by atoms with E-state index in [1.54, 1.807) is 0 Å². The van der Waals surface area contributed by atoms with Crippen LogP contribution >= 0.6 is 0 Å². The van der Waals surface area contributed by atoms with Crippen molar-refractivity contribution in [3.63, 3.8) is 0 Å². The molecule has 0 bridgehead atoms. The van der Waals surface area contributed by atoms with Crippen molar-refractivity contribution in [1.29, 1.82) is 0 Å². The summed E-state index contributed by atoms with van der Waals surface area (Å²) in [5, 5.41) is 5.38. The molecule has 78 valence electrons. The summed E-state index contributed by atoms with van der Waals surface area (Å²) in [5.74, 6) is 0.446. The van der Waals surface area contributed by atoms with Gasteiger partial charge in [-0.3, -0.25) is 0 Å². The van der Waals surface area contributed by atoms with E-state index in [1.807, 2.05) is 6.92 Å². The maximum Gasteiger partial charge on any atom is 0.314 e. The van der Waals surface area contributed by atoms with Crippen LogP contribution in [0.2, 0.25) is 0 Å². The number of urea groups is 1. The van der Waals surface area contributed by atoms with Gasteiger partial charge in [0.15, 0.2) is 0 Å². The number of carbonyl (C=O) groups is 1. The maximum atomic E-state index is 11.0. The maximum absolute atomic E-state index is 11.0. The third-order valence-corrected chi connectivity index (χ3v) is 2.21. The zero-order valence-electron chi connectivity index (χ0n) is 8.76. The summed E-state index contributed by atoms with van der Waals surface area (Å²) in [7, 11) is 0. The van der Waals surface area contributed by atoms with Crippen molar-refractivity contribution in [2.45, 2.75) is 33.2 Å². The highest BCUT2D eigenvalue weighted by atomic mass is 16.2. The molecule has 0 aliphatic heterocycles. The Morgan fingerprint density at radius 3 is 2.46 bits per heavy atom. The number of nitrogens with one attached hydrogen (secondary N) is 2. The minimum Gasteiger partial charge on any atom is -0.338 e. The molecule has 2 unspecified atom stereocenters. The molecule has 0 aromatic rings. The molecule has 0 saturated heterocycles. The highest BCUT2D eigenvalue weighted by Crippen LogP contribution is 2.03. The van der Waals surface area contributed by atoms with Gasteiger partial charge >= 0.3 is 6.03 Å². The van der Waals surface area contributed by atoms with Crippen LogP contribution in [-0.2, 0) is 0 Å². The second-order valence-electron chi connectivity index (χ2n) is 3.29. The molecule has 0 aromatic carbocycles. The predicted molar refractivity (Wildman–Crippen MR) is 54.5 cm³/mol. The fourth-order valence-electron chi connectivity index (χ4n) is 0.938. The Balaban J connectivity index is 3.57.